The summed E-state index contributed by atoms with van der Waals surface area (Å²) in [5.41, 5.74) is 0.403. The van der Waals surface area contributed by atoms with Crippen LogP contribution in [0.25, 0.3) is 0 Å². The monoisotopic (exact) mass is 310 g/mol. The van der Waals surface area contributed by atoms with Gasteiger partial charge in [-0.15, -0.1) is 0 Å². The number of nitrogens with zero attached hydrogens (tertiary/aromatic N) is 2. The van der Waals surface area contributed by atoms with Gasteiger partial charge in [-0.25, -0.2) is 9.78 Å². The van der Waals surface area contributed by atoms with E-state index in [9.17, 15) is 4.79 Å². The van der Waals surface area contributed by atoms with Crippen LogP contribution in [0, 0.1) is 0 Å². The maximum absolute atomic E-state index is 12.4. The van der Waals surface area contributed by atoms with Crippen molar-refractivity contribution >= 4 is 17.7 Å². The van der Waals surface area contributed by atoms with Gasteiger partial charge in [0.1, 0.15) is 28.6 Å². The molecule has 6 heteroatoms. The zero-order chi connectivity index (χ0) is 15.2. The molecular formula is C15H19ClN2O3. The molecule has 0 bridgehead atoms. The number of carbonyl (C=O) groups excluding carboxylic acids is 1. The fourth-order valence-electron chi connectivity index (χ4n) is 2.89. The number of rotatable bonds is 0. The van der Waals surface area contributed by atoms with Crippen molar-refractivity contribution in [2.24, 2.45) is 0 Å². The molecule has 21 heavy (non-hydrogen) atoms. The molecule has 2 aliphatic rings. The summed E-state index contributed by atoms with van der Waals surface area (Å²) in [4.78, 5) is 18.3. The van der Waals surface area contributed by atoms with E-state index in [4.69, 9.17) is 21.1 Å². The van der Waals surface area contributed by atoms with Gasteiger partial charge in [-0.3, -0.25) is 4.90 Å². The highest BCUT2D eigenvalue weighted by atomic mass is 35.5. The third-order valence-corrected chi connectivity index (χ3v) is 3.87. The molecule has 0 N–H and O–H groups in total. The number of aromatic nitrogens is 1. The topological polar surface area (TPSA) is 51.7 Å². The molecule has 1 aromatic rings. The minimum atomic E-state index is -0.509. The number of amides is 1. The Bertz CT molecular complexity index is 571. The standard InChI is InChI=1S/C15H19ClN2O3/c1-15(2,3)21-14(19)18-6-4-5-10-13(18)9-8-17-12(16)7-11(9)20-10/h7-8,10,13H,4-6H2,1-3H3/t10-,13-/m0/s1. The number of hydrogen-bond acceptors (Lipinski definition) is 4. The molecule has 2 aliphatic heterocycles. The average Bonchev–Trinajstić information content (AvgIpc) is 2.73. The van der Waals surface area contributed by atoms with Gasteiger partial charge in [0.2, 0.25) is 0 Å². The zero-order valence-corrected chi connectivity index (χ0v) is 13.2. The van der Waals surface area contributed by atoms with E-state index in [1.165, 1.54) is 0 Å². The van der Waals surface area contributed by atoms with Crippen molar-refractivity contribution in [1.29, 1.82) is 0 Å². The van der Waals surface area contributed by atoms with Gasteiger partial charge in [-0.1, -0.05) is 11.6 Å². The zero-order valence-electron chi connectivity index (χ0n) is 12.4. The van der Waals surface area contributed by atoms with Crippen LogP contribution in [0.4, 0.5) is 4.79 Å². The van der Waals surface area contributed by atoms with Crippen LogP contribution in [-0.2, 0) is 4.74 Å². The molecule has 3 rings (SSSR count). The Morgan fingerprint density at radius 2 is 2.29 bits per heavy atom. The number of hydrogen-bond donors (Lipinski definition) is 0. The average molecular weight is 311 g/mol. The van der Waals surface area contributed by atoms with E-state index in [0.717, 1.165) is 24.2 Å². The maximum Gasteiger partial charge on any atom is 0.410 e. The highest BCUT2D eigenvalue weighted by Crippen LogP contribution is 2.45. The van der Waals surface area contributed by atoms with Crippen LogP contribution in [-0.4, -0.2) is 34.2 Å². The van der Waals surface area contributed by atoms with Gasteiger partial charge in [-0.05, 0) is 33.6 Å². The Kier molecular flexibility index (Phi) is 3.48. The number of pyridine rings is 1. The lowest BCUT2D eigenvalue weighted by molar-refractivity contribution is -0.00732. The summed E-state index contributed by atoms with van der Waals surface area (Å²) in [5.74, 6) is 0.723. The number of piperidine rings is 1. The molecule has 3 heterocycles. The van der Waals surface area contributed by atoms with Gasteiger partial charge in [-0.2, -0.15) is 0 Å². The molecule has 5 nitrogen and oxygen atoms in total. The lowest BCUT2D eigenvalue weighted by Crippen LogP contribution is -2.46. The minimum absolute atomic E-state index is 0.0402. The van der Waals surface area contributed by atoms with Crippen molar-refractivity contribution in [1.82, 2.24) is 9.88 Å². The fourth-order valence-corrected chi connectivity index (χ4v) is 3.04. The Balaban J connectivity index is 1.89. The third-order valence-electron chi connectivity index (χ3n) is 3.66. The van der Waals surface area contributed by atoms with Crippen molar-refractivity contribution in [3.8, 4) is 5.75 Å². The highest BCUT2D eigenvalue weighted by molar-refractivity contribution is 6.29. The second-order valence-electron chi connectivity index (χ2n) is 6.46. The minimum Gasteiger partial charge on any atom is -0.487 e. The summed E-state index contributed by atoms with van der Waals surface area (Å²) in [6.45, 7) is 6.27. The van der Waals surface area contributed by atoms with Gasteiger partial charge in [0.05, 0.1) is 0 Å². The first-order chi connectivity index (χ1) is 9.85. The second kappa shape index (κ2) is 5.05. The Morgan fingerprint density at radius 3 is 3.00 bits per heavy atom. The molecule has 0 spiro atoms. The summed E-state index contributed by atoms with van der Waals surface area (Å²) in [6, 6.07) is 1.58. The fraction of sp³-hybridized carbons (Fsp3) is 0.600. The molecule has 1 amide bonds. The lowest BCUT2D eigenvalue weighted by Gasteiger charge is -2.37. The maximum atomic E-state index is 12.4. The van der Waals surface area contributed by atoms with Gasteiger partial charge >= 0.3 is 6.09 Å². The molecule has 2 atom stereocenters. The largest absolute Gasteiger partial charge is 0.487 e. The quantitative estimate of drug-likeness (QED) is 0.687. The van der Waals surface area contributed by atoms with Crippen molar-refractivity contribution < 1.29 is 14.3 Å². The first kappa shape index (κ1) is 14.4. The van der Waals surface area contributed by atoms with E-state index in [1.54, 1.807) is 17.2 Å². The highest BCUT2D eigenvalue weighted by Gasteiger charge is 2.44. The predicted octanol–water partition coefficient (Wildman–Crippen LogP) is 3.57. The van der Waals surface area contributed by atoms with Crippen LogP contribution in [0.3, 0.4) is 0 Å². The molecule has 0 aromatic carbocycles. The van der Waals surface area contributed by atoms with Crippen molar-refractivity contribution in [2.75, 3.05) is 6.54 Å². The molecule has 0 radical (unpaired) electrons. The van der Waals surface area contributed by atoms with Gasteiger partial charge in [0, 0.05) is 24.4 Å². The van der Waals surface area contributed by atoms with E-state index in [1.807, 2.05) is 20.8 Å². The molecule has 1 saturated heterocycles. The number of carbonyl (C=O) groups is 1. The van der Waals surface area contributed by atoms with Crippen LogP contribution in [0.5, 0.6) is 5.75 Å². The summed E-state index contributed by atoms with van der Waals surface area (Å²) in [5, 5.41) is 0.399. The normalized spacial score (nSPS) is 24.1. The van der Waals surface area contributed by atoms with E-state index in [2.05, 4.69) is 4.98 Å². The van der Waals surface area contributed by atoms with Crippen molar-refractivity contribution in [2.45, 2.75) is 51.4 Å². The number of halogens is 1. The van der Waals surface area contributed by atoms with Crippen LogP contribution < -0.4 is 4.74 Å². The lowest BCUT2D eigenvalue weighted by atomic mass is 9.96. The van der Waals surface area contributed by atoms with Crippen LogP contribution in [0.2, 0.25) is 5.15 Å². The number of ether oxygens (including phenoxy) is 2. The van der Waals surface area contributed by atoms with Gasteiger partial charge in [0.15, 0.2) is 0 Å². The van der Waals surface area contributed by atoms with Gasteiger partial charge < -0.3 is 9.47 Å². The molecule has 1 fully saturated rings. The molecular weight excluding hydrogens is 292 g/mol. The summed E-state index contributed by atoms with van der Waals surface area (Å²) >= 11 is 5.91. The Hall–Kier alpha value is -1.49. The summed E-state index contributed by atoms with van der Waals surface area (Å²) < 4.78 is 11.4. The van der Waals surface area contributed by atoms with E-state index >= 15 is 0 Å². The van der Waals surface area contributed by atoms with Crippen LogP contribution in [0.15, 0.2) is 12.3 Å². The predicted molar refractivity (Wildman–Crippen MR) is 78.6 cm³/mol. The summed E-state index contributed by atoms with van der Waals surface area (Å²) in [7, 11) is 0. The second-order valence-corrected chi connectivity index (χ2v) is 6.85. The molecule has 0 aliphatic carbocycles. The van der Waals surface area contributed by atoms with Gasteiger partial charge in [0.25, 0.3) is 0 Å². The smallest absolute Gasteiger partial charge is 0.410 e. The van der Waals surface area contributed by atoms with Crippen LogP contribution >= 0.6 is 11.6 Å². The van der Waals surface area contributed by atoms with Crippen molar-refractivity contribution in [3.05, 3.63) is 23.0 Å². The van der Waals surface area contributed by atoms with Crippen molar-refractivity contribution in [3.63, 3.8) is 0 Å². The molecule has 114 valence electrons. The molecule has 0 saturated carbocycles. The SMILES string of the molecule is CC(C)(C)OC(=O)N1CCC[C@@H]2Oc3cc(Cl)ncc3[C@@H]21. The van der Waals surface area contributed by atoms with E-state index in [-0.39, 0.29) is 18.2 Å². The first-order valence-corrected chi connectivity index (χ1v) is 7.55. The molecule has 1 aromatic heterocycles. The third kappa shape index (κ3) is 2.79. The number of likely N-dealkylation sites (tertiary alicyclic amines) is 1. The summed E-state index contributed by atoms with van der Waals surface area (Å²) in [6.07, 6.45) is 3.17. The van der Waals surface area contributed by atoms with E-state index in [0.29, 0.717) is 11.7 Å². The number of fused-ring (bicyclic) bond motifs is 3. The Morgan fingerprint density at radius 1 is 1.52 bits per heavy atom. The molecule has 0 unspecified atom stereocenters. The van der Waals surface area contributed by atoms with E-state index < -0.39 is 5.60 Å². The van der Waals surface area contributed by atoms with Crippen LogP contribution in [0.1, 0.15) is 45.2 Å². The first-order valence-electron chi connectivity index (χ1n) is 7.17. The Labute approximate surface area is 129 Å².